The number of carbonyl (C=O) groups excluding carboxylic acids is 1. The van der Waals surface area contributed by atoms with Gasteiger partial charge in [0.1, 0.15) is 5.03 Å². The summed E-state index contributed by atoms with van der Waals surface area (Å²) in [4.78, 5) is 23.2. The number of thioether (sulfide) groups is 2. The number of aromatic nitrogens is 2. The van der Waals surface area contributed by atoms with E-state index in [1.165, 1.54) is 35.0 Å². The van der Waals surface area contributed by atoms with Crippen molar-refractivity contribution in [3.8, 4) is 0 Å². The van der Waals surface area contributed by atoms with Gasteiger partial charge in [0.15, 0.2) is 5.16 Å². The maximum atomic E-state index is 12.2. The average molecular weight is 410 g/mol. The first-order valence-corrected chi connectivity index (χ1v) is 12.1. The van der Waals surface area contributed by atoms with Crippen LogP contribution in [0, 0.1) is 0 Å². The van der Waals surface area contributed by atoms with Crippen LogP contribution in [0.15, 0.2) is 10.2 Å². The molecule has 0 radical (unpaired) electrons. The Bertz CT molecular complexity index is 803. The van der Waals surface area contributed by atoms with E-state index in [1.807, 2.05) is 17.6 Å². The minimum atomic E-state index is 0.0456. The highest BCUT2D eigenvalue weighted by atomic mass is 32.2. The molecule has 0 saturated carbocycles. The molecule has 2 aromatic heterocycles. The lowest BCUT2D eigenvalue weighted by atomic mass is 9.98. The number of ether oxygens (including phenoxy) is 1. The van der Waals surface area contributed by atoms with E-state index >= 15 is 0 Å². The Balaban J connectivity index is 1.48. The quantitative estimate of drug-likeness (QED) is 0.446. The number of thiophene rings is 1. The van der Waals surface area contributed by atoms with E-state index in [-0.39, 0.29) is 12.0 Å². The number of carbonyl (C=O) groups is 1. The summed E-state index contributed by atoms with van der Waals surface area (Å²) in [5, 5.41) is 4.74. The van der Waals surface area contributed by atoms with Crippen LogP contribution < -0.4 is 5.32 Å². The maximum Gasteiger partial charge on any atom is 0.230 e. The predicted molar refractivity (Wildman–Crippen MR) is 109 cm³/mol. The summed E-state index contributed by atoms with van der Waals surface area (Å²) in [7, 11) is 0. The lowest BCUT2D eigenvalue weighted by molar-refractivity contribution is -0.119. The fraction of sp³-hybridized carbons (Fsp3) is 0.611. The first-order valence-electron chi connectivity index (χ1n) is 9.12. The summed E-state index contributed by atoms with van der Waals surface area (Å²) in [6.07, 6.45) is 9.09. The Morgan fingerprint density at radius 3 is 3.00 bits per heavy atom. The van der Waals surface area contributed by atoms with Gasteiger partial charge < -0.3 is 10.1 Å². The number of fused-ring (bicyclic) bond motifs is 3. The Labute approximate surface area is 166 Å². The van der Waals surface area contributed by atoms with Gasteiger partial charge in [-0.3, -0.25) is 4.79 Å². The summed E-state index contributed by atoms with van der Waals surface area (Å²) < 4.78 is 6.72. The van der Waals surface area contributed by atoms with Crippen LogP contribution >= 0.6 is 34.9 Å². The maximum absolute atomic E-state index is 12.2. The minimum absolute atomic E-state index is 0.0456. The fourth-order valence-corrected chi connectivity index (χ4v) is 6.16. The van der Waals surface area contributed by atoms with Crippen LogP contribution in [0.25, 0.3) is 10.2 Å². The van der Waals surface area contributed by atoms with Gasteiger partial charge in [-0.25, -0.2) is 9.97 Å². The van der Waals surface area contributed by atoms with Gasteiger partial charge in [-0.05, 0) is 50.3 Å². The second kappa shape index (κ2) is 8.46. The molecule has 8 heteroatoms. The Morgan fingerprint density at radius 2 is 2.19 bits per heavy atom. The largest absolute Gasteiger partial charge is 0.376 e. The van der Waals surface area contributed by atoms with Crippen molar-refractivity contribution in [1.82, 2.24) is 15.3 Å². The van der Waals surface area contributed by atoms with Crippen LogP contribution in [0.2, 0.25) is 0 Å². The van der Waals surface area contributed by atoms with Gasteiger partial charge in [-0.15, -0.1) is 11.3 Å². The third kappa shape index (κ3) is 4.03. The van der Waals surface area contributed by atoms with Crippen molar-refractivity contribution in [3.63, 3.8) is 0 Å². The van der Waals surface area contributed by atoms with Crippen LogP contribution in [-0.2, 0) is 22.4 Å². The number of hydrogen-bond acceptors (Lipinski definition) is 7. The highest BCUT2D eigenvalue weighted by Crippen LogP contribution is 2.40. The van der Waals surface area contributed by atoms with Gasteiger partial charge in [-0.1, -0.05) is 23.5 Å². The number of hydrogen-bond donors (Lipinski definition) is 1. The third-order valence-corrected chi connectivity index (χ3v) is 7.76. The molecule has 1 fully saturated rings. The predicted octanol–water partition coefficient (Wildman–Crippen LogP) is 3.68. The molecular weight excluding hydrogens is 386 g/mol. The van der Waals surface area contributed by atoms with Crippen molar-refractivity contribution in [1.29, 1.82) is 0 Å². The molecule has 5 nitrogen and oxygen atoms in total. The first kappa shape index (κ1) is 18.5. The van der Waals surface area contributed by atoms with Gasteiger partial charge in [0.05, 0.1) is 22.1 Å². The van der Waals surface area contributed by atoms with Gasteiger partial charge in [0.25, 0.3) is 0 Å². The van der Waals surface area contributed by atoms with Gasteiger partial charge in [-0.2, -0.15) is 0 Å². The topological polar surface area (TPSA) is 64.1 Å². The van der Waals surface area contributed by atoms with E-state index in [1.54, 1.807) is 11.8 Å². The molecule has 0 spiro atoms. The van der Waals surface area contributed by atoms with E-state index in [0.717, 1.165) is 52.7 Å². The van der Waals surface area contributed by atoms with Crippen molar-refractivity contribution in [2.45, 2.75) is 54.8 Å². The zero-order valence-electron chi connectivity index (χ0n) is 14.9. The van der Waals surface area contributed by atoms with Crippen molar-refractivity contribution in [3.05, 3.63) is 10.4 Å². The standard InChI is InChI=1S/C18H23N3O2S3/c1-24-18-20-15-12-6-2-3-7-13(12)26-16(15)17(21-18)25-10-14(22)19-9-11-5-4-8-23-11/h11H,2-10H2,1H3,(H,19,22). The molecule has 26 heavy (non-hydrogen) atoms. The lowest BCUT2D eigenvalue weighted by Gasteiger charge is -2.11. The number of amides is 1. The summed E-state index contributed by atoms with van der Waals surface area (Å²) >= 11 is 4.92. The number of nitrogens with one attached hydrogen (secondary N) is 1. The molecule has 1 saturated heterocycles. The van der Waals surface area contributed by atoms with Crippen LogP contribution in [0.5, 0.6) is 0 Å². The Morgan fingerprint density at radius 1 is 1.31 bits per heavy atom. The highest BCUT2D eigenvalue weighted by Gasteiger charge is 2.22. The van der Waals surface area contributed by atoms with E-state index in [4.69, 9.17) is 14.7 Å². The van der Waals surface area contributed by atoms with Crippen molar-refractivity contribution in [2.75, 3.05) is 25.2 Å². The van der Waals surface area contributed by atoms with E-state index in [9.17, 15) is 4.79 Å². The molecule has 0 bridgehead atoms. The molecule has 0 aromatic carbocycles. The monoisotopic (exact) mass is 409 g/mol. The van der Waals surface area contributed by atoms with Crippen molar-refractivity contribution in [2.24, 2.45) is 0 Å². The van der Waals surface area contributed by atoms with Gasteiger partial charge in [0.2, 0.25) is 5.91 Å². The molecule has 1 unspecified atom stereocenters. The van der Waals surface area contributed by atoms with Crippen molar-refractivity contribution >= 4 is 51.0 Å². The van der Waals surface area contributed by atoms with E-state index in [2.05, 4.69) is 5.32 Å². The van der Waals surface area contributed by atoms with Crippen molar-refractivity contribution < 1.29 is 9.53 Å². The molecule has 1 aliphatic carbocycles. The van der Waals surface area contributed by atoms with E-state index < -0.39 is 0 Å². The zero-order chi connectivity index (χ0) is 17.9. The fourth-order valence-electron chi connectivity index (χ4n) is 3.48. The molecule has 2 aromatic rings. The highest BCUT2D eigenvalue weighted by molar-refractivity contribution is 8.00. The lowest BCUT2D eigenvalue weighted by Crippen LogP contribution is -2.32. The van der Waals surface area contributed by atoms with Crippen LogP contribution in [0.1, 0.15) is 36.1 Å². The summed E-state index contributed by atoms with van der Waals surface area (Å²) in [5.74, 6) is 0.430. The van der Waals surface area contributed by atoms with Crippen LogP contribution in [0.3, 0.4) is 0 Å². The third-order valence-electron chi connectivity index (χ3n) is 4.82. The first-order chi connectivity index (χ1) is 12.7. The number of rotatable bonds is 6. The number of aryl methyl sites for hydroxylation is 2. The zero-order valence-corrected chi connectivity index (χ0v) is 17.3. The normalized spacial score (nSPS) is 19.7. The minimum Gasteiger partial charge on any atom is -0.376 e. The molecule has 1 N–H and O–H groups in total. The smallest absolute Gasteiger partial charge is 0.230 e. The molecule has 1 atom stereocenters. The molecule has 3 heterocycles. The van der Waals surface area contributed by atoms with E-state index in [0.29, 0.717) is 12.3 Å². The average Bonchev–Trinajstić information content (AvgIpc) is 3.31. The summed E-state index contributed by atoms with van der Waals surface area (Å²) in [5.41, 5.74) is 2.53. The summed E-state index contributed by atoms with van der Waals surface area (Å²) in [6, 6.07) is 0. The second-order valence-corrected chi connectivity index (χ2v) is 9.47. The molecule has 2 aliphatic rings. The van der Waals surface area contributed by atoms with Crippen LogP contribution in [0.4, 0.5) is 0 Å². The molecule has 140 valence electrons. The van der Waals surface area contributed by atoms with Crippen LogP contribution in [-0.4, -0.2) is 47.1 Å². The SMILES string of the molecule is CSc1nc(SCC(=O)NCC2CCCO2)c2sc3c(c2n1)CCCC3. The second-order valence-electron chi connectivity index (χ2n) is 6.63. The number of nitrogens with zero attached hydrogens (tertiary/aromatic N) is 2. The van der Waals surface area contributed by atoms with Gasteiger partial charge in [0, 0.05) is 18.0 Å². The molecule has 1 aliphatic heterocycles. The summed E-state index contributed by atoms with van der Waals surface area (Å²) in [6.45, 7) is 1.43. The molecular formula is C18H23N3O2S3. The molecule has 1 amide bonds. The Hall–Kier alpha value is -0.830. The molecule has 4 rings (SSSR count). The van der Waals surface area contributed by atoms with Gasteiger partial charge >= 0.3 is 0 Å². The Kier molecular flexibility index (Phi) is 6.03.